The third-order valence-electron chi connectivity index (χ3n) is 3.24. The molecule has 0 aliphatic heterocycles. The molecule has 1 unspecified atom stereocenters. The van der Waals surface area contributed by atoms with E-state index in [0.717, 1.165) is 0 Å². The average Bonchev–Trinajstić information content (AvgIpc) is 1.87. The monoisotopic (exact) mass is 180 g/mol. The van der Waals surface area contributed by atoms with E-state index >= 15 is 0 Å². The molecule has 0 amide bonds. The van der Waals surface area contributed by atoms with Crippen molar-refractivity contribution in [1.29, 1.82) is 0 Å². The summed E-state index contributed by atoms with van der Waals surface area (Å²) in [5, 5.41) is 0.533. The first-order valence-corrected chi connectivity index (χ1v) is 5.32. The van der Waals surface area contributed by atoms with Crippen molar-refractivity contribution in [2.75, 3.05) is 0 Å². The van der Waals surface area contributed by atoms with Crippen LogP contribution in [0.15, 0.2) is 0 Å². The summed E-state index contributed by atoms with van der Waals surface area (Å²) in [5.41, 5.74) is 0.470. The van der Waals surface area contributed by atoms with Gasteiger partial charge in [-0.05, 0) is 23.4 Å². The third kappa shape index (κ3) is 2.76. The van der Waals surface area contributed by atoms with Crippen LogP contribution in [-0.4, -0.2) is 5.16 Å². The Morgan fingerprint density at radius 2 is 1.50 bits per heavy atom. The van der Waals surface area contributed by atoms with E-state index < -0.39 is 0 Å². The summed E-state index contributed by atoms with van der Waals surface area (Å²) in [4.78, 5) is 0. The predicted molar refractivity (Wildman–Crippen MR) is 56.1 cm³/mol. The summed E-state index contributed by atoms with van der Waals surface area (Å²) in [6.07, 6.45) is 7.12. The zero-order valence-electron chi connectivity index (χ0n) is 10.1. The van der Waals surface area contributed by atoms with Crippen molar-refractivity contribution >= 4 is 9.24 Å². The van der Waals surface area contributed by atoms with E-state index in [0.29, 0.717) is 10.6 Å². The minimum absolute atomic E-state index is 0. The Morgan fingerprint density at radius 1 is 1.08 bits per heavy atom. The van der Waals surface area contributed by atoms with Crippen LogP contribution in [0.5, 0.6) is 0 Å². The van der Waals surface area contributed by atoms with Gasteiger partial charge in [-0.2, -0.15) is 0 Å². The predicted octanol–water partition coefficient (Wildman–Crippen LogP) is 0.727. The second-order valence-corrected chi connectivity index (χ2v) is 6.07. The molecule has 0 saturated heterocycles. The van der Waals surface area contributed by atoms with E-state index in [9.17, 15) is 0 Å². The van der Waals surface area contributed by atoms with Gasteiger partial charge in [-0.3, -0.25) is 0 Å². The zero-order valence-corrected chi connectivity index (χ0v) is 10.3. The van der Waals surface area contributed by atoms with Crippen molar-refractivity contribution in [3.8, 4) is 0 Å². The molecule has 1 aliphatic carbocycles. The molecule has 1 fully saturated rings. The van der Waals surface area contributed by atoms with Crippen LogP contribution in [0, 0.1) is 5.41 Å². The van der Waals surface area contributed by atoms with E-state index in [2.05, 4.69) is 30.0 Å². The van der Waals surface area contributed by atoms with Crippen LogP contribution < -0.4 is 18.9 Å². The van der Waals surface area contributed by atoms with Crippen LogP contribution in [-0.2, 0) is 0 Å². The minimum atomic E-state index is 0. The minimum Gasteiger partial charge on any atom is -1.00 e. The first kappa shape index (κ1) is 13.0. The second kappa shape index (κ2) is 4.50. The normalized spacial score (nSPS) is 23.0. The Labute approximate surface area is 93.1 Å². The summed E-state index contributed by atoms with van der Waals surface area (Å²) in [7, 11) is 3.11. The fourth-order valence-electron chi connectivity index (χ4n) is 1.93. The fraction of sp³-hybridized carbons (Fsp3) is 1.00. The maximum atomic E-state index is 3.11. The van der Waals surface area contributed by atoms with Gasteiger partial charge in [-0.15, -0.1) is 9.24 Å². The van der Waals surface area contributed by atoms with E-state index in [-0.39, 0.29) is 20.3 Å². The van der Waals surface area contributed by atoms with Gasteiger partial charge in [0.15, 0.2) is 0 Å². The molecule has 12 heavy (non-hydrogen) atoms. The summed E-state index contributed by atoms with van der Waals surface area (Å²) >= 11 is 0. The Bertz CT molecular complexity index is 136. The average molecular weight is 180 g/mol. The molecular formula is C10H22LiP. The molecule has 0 N–H and O–H groups in total. The van der Waals surface area contributed by atoms with Crippen molar-refractivity contribution in [2.24, 2.45) is 5.41 Å². The van der Waals surface area contributed by atoms with Crippen molar-refractivity contribution < 1.29 is 20.3 Å². The molecule has 0 aromatic carbocycles. The standard InChI is InChI=1S/C10H21P.Li.H/c1-9(2,3)10(11)7-5-4-6-8-10;;/h4-8,11H2,1-3H3;;/q;+1;-1. The molecule has 0 heterocycles. The molecule has 2 heteroatoms. The van der Waals surface area contributed by atoms with Crippen molar-refractivity contribution in [2.45, 2.75) is 58.0 Å². The Balaban J connectivity index is 0. The SMILES string of the molecule is CC(C)(C)C1(P)CCCCC1.[H-].[Li+]. The van der Waals surface area contributed by atoms with Gasteiger partial charge in [0.25, 0.3) is 0 Å². The smallest absolute Gasteiger partial charge is 1.00 e. The zero-order chi connectivity index (χ0) is 8.54. The molecule has 0 aromatic heterocycles. The first-order valence-electron chi connectivity index (χ1n) is 4.75. The van der Waals surface area contributed by atoms with Gasteiger partial charge in [0.1, 0.15) is 0 Å². The Morgan fingerprint density at radius 3 is 1.75 bits per heavy atom. The van der Waals surface area contributed by atoms with Crippen molar-refractivity contribution in [3.05, 3.63) is 0 Å². The molecule has 0 spiro atoms. The summed E-state index contributed by atoms with van der Waals surface area (Å²) in [6.45, 7) is 7.10. The van der Waals surface area contributed by atoms with Crippen LogP contribution in [0.25, 0.3) is 0 Å². The molecule has 0 radical (unpaired) electrons. The maximum Gasteiger partial charge on any atom is 1.00 e. The molecule has 1 rings (SSSR count). The van der Waals surface area contributed by atoms with Crippen LogP contribution in [0.1, 0.15) is 54.3 Å². The van der Waals surface area contributed by atoms with Crippen LogP contribution >= 0.6 is 9.24 Å². The molecule has 68 valence electrons. The van der Waals surface area contributed by atoms with E-state index in [1.54, 1.807) is 0 Å². The Kier molecular flexibility index (Phi) is 4.89. The van der Waals surface area contributed by atoms with E-state index in [4.69, 9.17) is 0 Å². The topological polar surface area (TPSA) is 0 Å². The number of rotatable bonds is 0. The van der Waals surface area contributed by atoms with Crippen LogP contribution in [0.3, 0.4) is 0 Å². The van der Waals surface area contributed by atoms with Crippen molar-refractivity contribution in [1.82, 2.24) is 0 Å². The van der Waals surface area contributed by atoms with Gasteiger partial charge in [-0.25, -0.2) is 0 Å². The van der Waals surface area contributed by atoms with E-state index in [1.165, 1.54) is 32.1 Å². The van der Waals surface area contributed by atoms with Crippen LogP contribution in [0.2, 0.25) is 0 Å². The Hall–Kier alpha value is 1.03. The first-order chi connectivity index (χ1) is 4.96. The van der Waals surface area contributed by atoms with Gasteiger partial charge in [0, 0.05) is 0 Å². The van der Waals surface area contributed by atoms with Gasteiger partial charge in [0.05, 0.1) is 0 Å². The third-order valence-corrected chi connectivity index (χ3v) is 4.68. The quantitative estimate of drug-likeness (QED) is 0.381. The number of hydrogen-bond acceptors (Lipinski definition) is 0. The molecule has 0 nitrogen and oxygen atoms in total. The summed E-state index contributed by atoms with van der Waals surface area (Å²) < 4.78 is 0. The second-order valence-electron chi connectivity index (χ2n) is 4.97. The molecule has 1 aliphatic rings. The molecule has 0 aromatic rings. The van der Waals surface area contributed by atoms with E-state index in [1.807, 2.05) is 0 Å². The van der Waals surface area contributed by atoms with Crippen molar-refractivity contribution in [3.63, 3.8) is 0 Å². The fourth-order valence-corrected chi connectivity index (χ4v) is 2.34. The van der Waals surface area contributed by atoms with Gasteiger partial charge < -0.3 is 1.43 Å². The van der Waals surface area contributed by atoms with Gasteiger partial charge in [-0.1, -0.05) is 40.0 Å². The summed E-state index contributed by atoms with van der Waals surface area (Å²) in [6, 6.07) is 0. The molecule has 0 bridgehead atoms. The largest absolute Gasteiger partial charge is 1.00 e. The molecule has 1 saturated carbocycles. The number of hydrogen-bond donors (Lipinski definition) is 0. The molecular weight excluding hydrogens is 158 g/mol. The van der Waals surface area contributed by atoms with Gasteiger partial charge in [0.2, 0.25) is 0 Å². The van der Waals surface area contributed by atoms with Crippen LogP contribution in [0.4, 0.5) is 0 Å². The maximum absolute atomic E-state index is 3.11. The van der Waals surface area contributed by atoms with Gasteiger partial charge >= 0.3 is 18.9 Å². The summed E-state index contributed by atoms with van der Waals surface area (Å²) in [5.74, 6) is 0. The molecule has 1 atom stereocenters.